The molecule has 0 saturated carbocycles. The molecular formula is C6H4F3IN2O. The van der Waals surface area contributed by atoms with Crippen molar-refractivity contribution in [1.29, 1.82) is 0 Å². The third kappa shape index (κ3) is 3.25. The molecule has 1 aromatic heterocycles. The molecule has 1 rings (SSSR count). The molecule has 0 aliphatic carbocycles. The molecule has 7 heteroatoms. The second kappa shape index (κ2) is 3.56. The second-order valence-electron chi connectivity index (χ2n) is 2.09. The number of alkyl halides is 3. The fourth-order valence-corrected chi connectivity index (χ4v) is 1.04. The summed E-state index contributed by atoms with van der Waals surface area (Å²) in [7, 11) is 0. The number of nitrogen functional groups attached to an aromatic ring is 1. The molecule has 0 amide bonds. The quantitative estimate of drug-likeness (QED) is 0.809. The van der Waals surface area contributed by atoms with Gasteiger partial charge in [-0.05, 0) is 22.6 Å². The molecule has 2 N–H and O–H groups in total. The van der Waals surface area contributed by atoms with Crippen molar-refractivity contribution in [2.45, 2.75) is 6.36 Å². The number of anilines is 1. The minimum Gasteiger partial charge on any atom is -0.404 e. The van der Waals surface area contributed by atoms with Gasteiger partial charge in [-0.1, -0.05) is 0 Å². The van der Waals surface area contributed by atoms with Crippen LogP contribution in [0.5, 0.6) is 5.75 Å². The zero-order chi connectivity index (χ0) is 10.1. The van der Waals surface area contributed by atoms with Crippen LogP contribution in [0.1, 0.15) is 0 Å². The van der Waals surface area contributed by atoms with E-state index in [0.717, 1.165) is 6.07 Å². The summed E-state index contributed by atoms with van der Waals surface area (Å²) in [6, 6.07) is 1.02. The first kappa shape index (κ1) is 10.4. The molecule has 0 aliphatic heterocycles. The summed E-state index contributed by atoms with van der Waals surface area (Å²) < 4.78 is 39.2. The van der Waals surface area contributed by atoms with Crippen LogP contribution in [0.2, 0.25) is 0 Å². The largest absolute Gasteiger partial charge is 0.573 e. The van der Waals surface area contributed by atoms with Crippen molar-refractivity contribution in [3.8, 4) is 5.75 Å². The number of nitrogens with zero attached hydrogens (tertiary/aromatic N) is 1. The zero-order valence-electron chi connectivity index (χ0n) is 6.10. The van der Waals surface area contributed by atoms with Crippen LogP contribution in [0, 0.1) is 3.57 Å². The average Bonchev–Trinajstić information content (AvgIpc) is 1.94. The third-order valence-corrected chi connectivity index (χ3v) is 1.88. The van der Waals surface area contributed by atoms with E-state index in [0.29, 0.717) is 0 Å². The van der Waals surface area contributed by atoms with Crippen LogP contribution in [0.15, 0.2) is 12.3 Å². The lowest BCUT2D eigenvalue weighted by molar-refractivity contribution is -0.274. The van der Waals surface area contributed by atoms with Crippen molar-refractivity contribution in [3.63, 3.8) is 0 Å². The molecule has 0 saturated heterocycles. The number of nitrogens with two attached hydrogens (primary N) is 1. The van der Waals surface area contributed by atoms with E-state index in [2.05, 4.69) is 9.72 Å². The van der Waals surface area contributed by atoms with E-state index in [1.165, 1.54) is 6.20 Å². The fourth-order valence-electron chi connectivity index (χ4n) is 0.638. The maximum absolute atomic E-state index is 11.8. The zero-order valence-corrected chi connectivity index (χ0v) is 8.26. The number of halogens is 4. The van der Waals surface area contributed by atoms with Gasteiger partial charge in [-0.15, -0.1) is 13.2 Å². The molecular weight excluding hydrogens is 300 g/mol. The molecule has 0 fully saturated rings. The monoisotopic (exact) mass is 304 g/mol. The van der Waals surface area contributed by atoms with Crippen LogP contribution in [-0.2, 0) is 0 Å². The lowest BCUT2D eigenvalue weighted by Gasteiger charge is -2.10. The molecule has 0 radical (unpaired) electrons. The summed E-state index contributed by atoms with van der Waals surface area (Å²) in [5.74, 6) is -0.347. The molecule has 0 aromatic carbocycles. The van der Waals surface area contributed by atoms with E-state index in [-0.39, 0.29) is 15.1 Å². The van der Waals surface area contributed by atoms with Crippen molar-refractivity contribution in [2.75, 3.05) is 5.73 Å². The molecule has 13 heavy (non-hydrogen) atoms. The van der Waals surface area contributed by atoms with Gasteiger partial charge < -0.3 is 10.5 Å². The van der Waals surface area contributed by atoms with Crippen LogP contribution in [0.3, 0.4) is 0 Å². The standard InChI is InChI=1S/C6H4F3IN2O/c7-6(8,9)13-4-1-5(11)12-2-3(4)10/h1-2H,(H2,11,12). The first-order valence-corrected chi connectivity index (χ1v) is 4.13. The van der Waals surface area contributed by atoms with Crippen molar-refractivity contribution >= 4 is 28.4 Å². The van der Waals surface area contributed by atoms with E-state index in [1.807, 2.05) is 0 Å². The Hall–Kier alpha value is -0.730. The summed E-state index contributed by atoms with van der Waals surface area (Å²) >= 11 is 1.67. The minimum absolute atomic E-state index is 0.0142. The summed E-state index contributed by atoms with van der Waals surface area (Å²) in [5.41, 5.74) is 5.18. The lowest BCUT2D eigenvalue weighted by Crippen LogP contribution is -2.18. The Balaban J connectivity index is 2.94. The lowest BCUT2D eigenvalue weighted by atomic mass is 10.4. The van der Waals surface area contributed by atoms with Crippen molar-refractivity contribution in [1.82, 2.24) is 4.98 Å². The van der Waals surface area contributed by atoms with Gasteiger partial charge in [0.15, 0.2) is 0 Å². The molecule has 0 atom stereocenters. The number of ether oxygens (including phenoxy) is 1. The SMILES string of the molecule is Nc1cc(OC(F)(F)F)c(I)cn1. The van der Waals surface area contributed by atoms with Gasteiger partial charge >= 0.3 is 6.36 Å². The van der Waals surface area contributed by atoms with Gasteiger partial charge in [0.2, 0.25) is 0 Å². The normalized spacial score (nSPS) is 11.4. The number of rotatable bonds is 1. The molecule has 0 aliphatic rings. The van der Waals surface area contributed by atoms with Gasteiger partial charge in [-0.2, -0.15) is 0 Å². The Bertz CT molecular complexity index is 315. The van der Waals surface area contributed by atoms with E-state index in [1.54, 1.807) is 22.6 Å². The van der Waals surface area contributed by atoms with Crippen LogP contribution in [0.4, 0.5) is 19.0 Å². The minimum atomic E-state index is -4.70. The van der Waals surface area contributed by atoms with Crippen molar-refractivity contribution in [2.24, 2.45) is 0 Å². The highest BCUT2D eigenvalue weighted by Gasteiger charge is 2.32. The first-order valence-electron chi connectivity index (χ1n) is 3.05. The maximum atomic E-state index is 11.8. The maximum Gasteiger partial charge on any atom is 0.573 e. The Morgan fingerprint density at radius 2 is 2.08 bits per heavy atom. The highest BCUT2D eigenvalue weighted by atomic mass is 127. The van der Waals surface area contributed by atoms with E-state index >= 15 is 0 Å². The second-order valence-corrected chi connectivity index (χ2v) is 3.25. The van der Waals surface area contributed by atoms with Gasteiger partial charge in [0.1, 0.15) is 11.6 Å². The highest BCUT2D eigenvalue weighted by molar-refractivity contribution is 14.1. The van der Waals surface area contributed by atoms with Crippen molar-refractivity contribution < 1.29 is 17.9 Å². The third-order valence-electron chi connectivity index (χ3n) is 1.07. The van der Waals surface area contributed by atoms with Gasteiger partial charge in [0, 0.05) is 12.3 Å². The van der Waals surface area contributed by atoms with Crippen LogP contribution in [0.25, 0.3) is 0 Å². The predicted octanol–water partition coefficient (Wildman–Crippen LogP) is 2.17. The Morgan fingerprint density at radius 1 is 1.46 bits per heavy atom. The predicted molar refractivity (Wildman–Crippen MR) is 48.0 cm³/mol. The number of pyridine rings is 1. The smallest absolute Gasteiger partial charge is 0.404 e. The van der Waals surface area contributed by atoms with Crippen LogP contribution in [-0.4, -0.2) is 11.3 Å². The fraction of sp³-hybridized carbons (Fsp3) is 0.167. The average molecular weight is 304 g/mol. The van der Waals surface area contributed by atoms with Crippen LogP contribution >= 0.6 is 22.6 Å². The van der Waals surface area contributed by atoms with Gasteiger partial charge in [-0.25, -0.2) is 4.98 Å². The highest BCUT2D eigenvalue weighted by Crippen LogP contribution is 2.27. The van der Waals surface area contributed by atoms with E-state index in [9.17, 15) is 13.2 Å². The topological polar surface area (TPSA) is 48.1 Å². The molecule has 0 unspecified atom stereocenters. The van der Waals surface area contributed by atoms with Crippen molar-refractivity contribution in [3.05, 3.63) is 15.8 Å². The Morgan fingerprint density at radius 3 is 2.62 bits per heavy atom. The van der Waals surface area contributed by atoms with Gasteiger partial charge in [-0.3, -0.25) is 0 Å². The first-order chi connectivity index (χ1) is 5.88. The van der Waals surface area contributed by atoms with Gasteiger partial charge in [0.05, 0.1) is 3.57 Å². The molecule has 3 nitrogen and oxygen atoms in total. The van der Waals surface area contributed by atoms with Gasteiger partial charge in [0.25, 0.3) is 0 Å². The van der Waals surface area contributed by atoms with E-state index in [4.69, 9.17) is 5.73 Å². The summed E-state index contributed by atoms with van der Waals surface area (Å²) in [5, 5.41) is 0. The number of aromatic nitrogens is 1. The van der Waals surface area contributed by atoms with E-state index < -0.39 is 6.36 Å². The number of hydrogen-bond donors (Lipinski definition) is 1. The molecule has 0 bridgehead atoms. The molecule has 1 aromatic rings. The summed E-state index contributed by atoms with van der Waals surface area (Å²) in [4.78, 5) is 3.59. The summed E-state index contributed by atoms with van der Waals surface area (Å²) in [6.07, 6.45) is -3.50. The molecule has 1 heterocycles. The Labute approximate surface area is 85.2 Å². The number of hydrogen-bond acceptors (Lipinski definition) is 3. The molecule has 72 valence electrons. The van der Waals surface area contributed by atoms with Crippen LogP contribution < -0.4 is 10.5 Å². The molecule has 0 spiro atoms. The Kier molecular flexibility index (Phi) is 2.84. The summed E-state index contributed by atoms with van der Waals surface area (Å²) in [6.45, 7) is 0.